The highest BCUT2D eigenvalue weighted by Gasteiger charge is 2.27. The van der Waals surface area contributed by atoms with Crippen LogP contribution in [0.3, 0.4) is 0 Å². The summed E-state index contributed by atoms with van der Waals surface area (Å²) in [5, 5.41) is 2.16. The number of thiophene rings is 1. The molecule has 3 heterocycles. The van der Waals surface area contributed by atoms with Gasteiger partial charge in [0.1, 0.15) is 0 Å². The normalized spacial score (nSPS) is 18.4. The lowest BCUT2D eigenvalue weighted by Crippen LogP contribution is -2.41. The largest absolute Gasteiger partial charge is 0.330 e. The molecule has 0 radical (unpaired) electrons. The first kappa shape index (κ1) is 15.2. The maximum Gasteiger partial charge on any atom is 0.330 e. The molecule has 0 aliphatic carbocycles. The van der Waals surface area contributed by atoms with Crippen LogP contribution in [0.5, 0.6) is 0 Å². The van der Waals surface area contributed by atoms with Crippen molar-refractivity contribution in [3.05, 3.63) is 54.5 Å². The van der Waals surface area contributed by atoms with Gasteiger partial charge in [-0.25, -0.2) is 4.79 Å². The van der Waals surface area contributed by atoms with Crippen molar-refractivity contribution < 1.29 is 0 Å². The summed E-state index contributed by atoms with van der Waals surface area (Å²) in [5.41, 5.74) is 1.70. The molecule has 22 heavy (non-hydrogen) atoms. The molecule has 0 saturated heterocycles. The fraction of sp³-hybridized carbons (Fsp3) is 0.500. The van der Waals surface area contributed by atoms with Crippen molar-refractivity contribution in [2.45, 2.75) is 32.4 Å². The molecule has 0 saturated carbocycles. The molecule has 2 aromatic rings. The van der Waals surface area contributed by atoms with Gasteiger partial charge in [0.05, 0.1) is 0 Å². The standard InChI is InChI=1S/C16H21N3O2S/c1-4-13-12-6-8-22-14(12)5-7-19(13)10-11-9-15(20)18(3)16(21)17(11)2/h6,8-9,13H,4-5,7,10H2,1-3H3/t13-/m1/s1. The van der Waals surface area contributed by atoms with Crippen molar-refractivity contribution in [2.24, 2.45) is 14.1 Å². The Bertz CT molecular complexity index is 802. The number of hydrogen-bond acceptors (Lipinski definition) is 4. The number of rotatable bonds is 3. The van der Waals surface area contributed by atoms with E-state index in [-0.39, 0.29) is 11.2 Å². The van der Waals surface area contributed by atoms with Crippen LogP contribution in [0.1, 0.15) is 35.5 Å². The zero-order chi connectivity index (χ0) is 15.9. The zero-order valence-electron chi connectivity index (χ0n) is 13.2. The molecule has 3 rings (SSSR count). The molecule has 6 heteroatoms. The molecule has 0 bridgehead atoms. The summed E-state index contributed by atoms with van der Waals surface area (Å²) in [4.78, 5) is 27.8. The van der Waals surface area contributed by atoms with Gasteiger partial charge in [-0.2, -0.15) is 0 Å². The van der Waals surface area contributed by atoms with E-state index in [1.165, 1.54) is 17.5 Å². The average molecular weight is 319 g/mol. The SMILES string of the molecule is CC[C@@H]1c2ccsc2CCN1Cc1cc(=O)n(C)c(=O)n1C. The van der Waals surface area contributed by atoms with E-state index in [1.807, 2.05) is 11.3 Å². The van der Waals surface area contributed by atoms with Crippen LogP contribution >= 0.6 is 11.3 Å². The summed E-state index contributed by atoms with van der Waals surface area (Å²) in [7, 11) is 3.25. The quantitative estimate of drug-likeness (QED) is 0.864. The highest BCUT2D eigenvalue weighted by Crippen LogP contribution is 2.35. The smallest absolute Gasteiger partial charge is 0.299 e. The molecule has 1 atom stereocenters. The topological polar surface area (TPSA) is 47.2 Å². The van der Waals surface area contributed by atoms with E-state index in [0.29, 0.717) is 12.6 Å². The van der Waals surface area contributed by atoms with Crippen molar-refractivity contribution in [3.8, 4) is 0 Å². The van der Waals surface area contributed by atoms with E-state index >= 15 is 0 Å². The summed E-state index contributed by atoms with van der Waals surface area (Å²) >= 11 is 1.83. The van der Waals surface area contributed by atoms with Gasteiger partial charge in [0.25, 0.3) is 5.56 Å². The van der Waals surface area contributed by atoms with Crippen LogP contribution in [0.4, 0.5) is 0 Å². The van der Waals surface area contributed by atoms with Gasteiger partial charge in [-0.3, -0.25) is 18.8 Å². The van der Waals surface area contributed by atoms with E-state index in [4.69, 9.17) is 0 Å². The van der Waals surface area contributed by atoms with Crippen molar-refractivity contribution >= 4 is 11.3 Å². The summed E-state index contributed by atoms with van der Waals surface area (Å²) in [6.45, 7) is 3.79. The third-order valence-electron chi connectivity index (χ3n) is 4.58. The zero-order valence-corrected chi connectivity index (χ0v) is 14.0. The van der Waals surface area contributed by atoms with E-state index in [2.05, 4.69) is 23.3 Å². The van der Waals surface area contributed by atoms with Gasteiger partial charge < -0.3 is 0 Å². The maximum atomic E-state index is 12.1. The van der Waals surface area contributed by atoms with Gasteiger partial charge >= 0.3 is 5.69 Å². The second-order valence-electron chi connectivity index (χ2n) is 5.82. The lowest BCUT2D eigenvalue weighted by Gasteiger charge is -2.35. The molecule has 0 amide bonds. The van der Waals surface area contributed by atoms with Gasteiger partial charge in [0, 0.05) is 49.9 Å². The van der Waals surface area contributed by atoms with Crippen LogP contribution in [0, 0.1) is 0 Å². The van der Waals surface area contributed by atoms with Gasteiger partial charge in [-0.05, 0) is 29.9 Å². The Labute approximate surface area is 133 Å². The molecular weight excluding hydrogens is 298 g/mol. The first-order valence-corrected chi connectivity index (χ1v) is 8.47. The second-order valence-corrected chi connectivity index (χ2v) is 6.82. The predicted octanol–water partition coefficient (Wildman–Crippen LogP) is 1.65. The molecule has 0 fully saturated rings. The fourth-order valence-corrected chi connectivity index (χ4v) is 4.18. The molecule has 2 aromatic heterocycles. The Morgan fingerprint density at radius 3 is 2.77 bits per heavy atom. The van der Waals surface area contributed by atoms with Crippen LogP contribution in [0.25, 0.3) is 0 Å². The molecule has 0 spiro atoms. The summed E-state index contributed by atoms with van der Waals surface area (Å²) in [6.07, 6.45) is 2.07. The Hall–Kier alpha value is -1.66. The lowest BCUT2D eigenvalue weighted by molar-refractivity contribution is 0.168. The second kappa shape index (κ2) is 5.85. The van der Waals surface area contributed by atoms with Crippen LogP contribution in [-0.2, 0) is 27.1 Å². The van der Waals surface area contributed by atoms with Crippen molar-refractivity contribution in [3.63, 3.8) is 0 Å². The molecule has 0 aromatic carbocycles. The molecule has 1 aliphatic heterocycles. The summed E-state index contributed by atoms with van der Waals surface area (Å²) < 4.78 is 2.73. The van der Waals surface area contributed by atoms with Crippen molar-refractivity contribution in [1.82, 2.24) is 14.0 Å². The molecule has 118 valence electrons. The van der Waals surface area contributed by atoms with Crippen molar-refractivity contribution in [2.75, 3.05) is 6.54 Å². The number of fused-ring (bicyclic) bond motifs is 1. The van der Waals surface area contributed by atoms with Gasteiger partial charge in [-0.1, -0.05) is 6.92 Å². The van der Waals surface area contributed by atoms with Crippen molar-refractivity contribution in [1.29, 1.82) is 0 Å². The Morgan fingerprint density at radius 2 is 2.05 bits per heavy atom. The Morgan fingerprint density at radius 1 is 1.27 bits per heavy atom. The highest BCUT2D eigenvalue weighted by molar-refractivity contribution is 7.10. The predicted molar refractivity (Wildman–Crippen MR) is 88.4 cm³/mol. The van der Waals surface area contributed by atoms with E-state index < -0.39 is 0 Å². The lowest BCUT2D eigenvalue weighted by atomic mass is 9.97. The molecule has 0 unspecified atom stereocenters. The summed E-state index contributed by atoms with van der Waals surface area (Å²) in [6, 6.07) is 4.16. The summed E-state index contributed by atoms with van der Waals surface area (Å²) in [5.74, 6) is 0. The average Bonchev–Trinajstić information content (AvgIpc) is 2.98. The van der Waals surface area contributed by atoms with Crippen LogP contribution < -0.4 is 11.2 Å². The minimum absolute atomic E-state index is 0.237. The monoisotopic (exact) mass is 319 g/mol. The van der Waals surface area contributed by atoms with E-state index in [0.717, 1.165) is 29.6 Å². The fourth-order valence-electron chi connectivity index (χ4n) is 3.25. The molecule has 5 nitrogen and oxygen atoms in total. The Kier molecular flexibility index (Phi) is 4.06. The molecular formula is C16H21N3O2S. The van der Waals surface area contributed by atoms with E-state index in [1.54, 1.807) is 17.7 Å². The van der Waals surface area contributed by atoms with Crippen LogP contribution in [-0.4, -0.2) is 20.6 Å². The number of nitrogens with zero attached hydrogens (tertiary/aromatic N) is 3. The first-order valence-electron chi connectivity index (χ1n) is 7.59. The third-order valence-corrected chi connectivity index (χ3v) is 5.58. The maximum absolute atomic E-state index is 12.1. The van der Waals surface area contributed by atoms with Gasteiger partial charge in [0.2, 0.25) is 0 Å². The van der Waals surface area contributed by atoms with Crippen LogP contribution in [0.15, 0.2) is 27.1 Å². The number of aromatic nitrogens is 2. The molecule has 1 aliphatic rings. The van der Waals surface area contributed by atoms with Gasteiger partial charge in [-0.15, -0.1) is 11.3 Å². The third kappa shape index (κ3) is 2.46. The van der Waals surface area contributed by atoms with Crippen LogP contribution in [0.2, 0.25) is 0 Å². The first-order chi connectivity index (χ1) is 10.5. The highest BCUT2D eigenvalue weighted by atomic mass is 32.1. The minimum atomic E-state index is -0.260. The number of hydrogen-bond donors (Lipinski definition) is 0. The Balaban J connectivity index is 1.94. The van der Waals surface area contributed by atoms with E-state index in [9.17, 15) is 9.59 Å². The van der Waals surface area contributed by atoms with Gasteiger partial charge in [0.15, 0.2) is 0 Å². The molecule has 0 N–H and O–H groups in total. The minimum Gasteiger partial charge on any atom is -0.299 e.